The second-order valence-electron chi connectivity index (χ2n) is 6.15. The Morgan fingerprint density at radius 3 is 2.57 bits per heavy atom. The molecule has 0 amide bonds. The van der Waals surface area contributed by atoms with Gasteiger partial charge in [-0.15, -0.1) is 11.3 Å². The van der Waals surface area contributed by atoms with Crippen molar-refractivity contribution in [3.05, 3.63) is 17.0 Å². The van der Waals surface area contributed by atoms with Crippen molar-refractivity contribution in [1.29, 1.82) is 0 Å². The summed E-state index contributed by atoms with van der Waals surface area (Å²) < 4.78 is 23.8. The first-order valence-corrected chi connectivity index (χ1v) is 10.1. The maximum atomic E-state index is 11.8. The normalized spacial score (nSPS) is 21.3. The second kappa shape index (κ2) is 6.77. The van der Waals surface area contributed by atoms with E-state index in [-0.39, 0.29) is 22.0 Å². The van der Waals surface area contributed by atoms with E-state index in [1.807, 2.05) is 6.07 Å². The molecule has 0 spiro atoms. The maximum Gasteiger partial charge on any atom is 0.247 e. The molecule has 0 aliphatic heterocycles. The molecule has 1 aromatic rings. The van der Waals surface area contributed by atoms with Crippen molar-refractivity contribution >= 4 is 21.4 Å². The van der Waals surface area contributed by atoms with E-state index in [1.165, 1.54) is 0 Å². The van der Waals surface area contributed by atoms with Crippen LogP contribution in [0.15, 0.2) is 15.7 Å². The summed E-state index contributed by atoms with van der Waals surface area (Å²) in [6, 6.07) is 1.82. The topological polar surface area (TPSA) is 80.4 Å². The molecule has 1 fully saturated rings. The van der Waals surface area contributed by atoms with Crippen LogP contribution in [0.3, 0.4) is 0 Å². The van der Waals surface area contributed by atoms with Crippen molar-refractivity contribution in [3.8, 4) is 0 Å². The van der Waals surface area contributed by atoms with Crippen LogP contribution in [0.25, 0.3) is 0 Å². The van der Waals surface area contributed by atoms with Crippen LogP contribution in [-0.4, -0.2) is 19.6 Å². The number of nitrogens with two attached hydrogens (primary N) is 1. The molecule has 0 bridgehead atoms. The summed E-state index contributed by atoms with van der Waals surface area (Å²) in [5.74, 6) is 0.339. The zero-order valence-corrected chi connectivity index (χ0v) is 14.3. The first kappa shape index (κ1) is 16.9. The van der Waals surface area contributed by atoms with Gasteiger partial charge in [0.15, 0.2) is 0 Å². The van der Waals surface area contributed by atoms with E-state index in [9.17, 15) is 13.5 Å². The van der Waals surface area contributed by atoms with Gasteiger partial charge in [0.05, 0.1) is 6.10 Å². The average Bonchev–Trinajstić information content (AvgIpc) is 3.08. The predicted molar refractivity (Wildman–Crippen MR) is 85.9 cm³/mol. The van der Waals surface area contributed by atoms with Gasteiger partial charge >= 0.3 is 0 Å². The van der Waals surface area contributed by atoms with Gasteiger partial charge in [0.2, 0.25) is 10.0 Å². The van der Waals surface area contributed by atoms with E-state index in [1.54, 1.807) is 5.38 Å². The molecule has 1 unspecified atom stereocenters. The highest BCUT2D eigenvalue weighted by molar-refractivity contribution is 7.91. The summed E-state index contributed by atoms with van der Waals surface area (Å²) in [7, 11) is -3.73. The van der Waals surface area contributed by atoms with E-state index in [2.05, 4.69) is 13.8 Å². The Hall–Kier alpha value is -0.430. The zero-order valence-electron chi connectivity index (χ0n) is 12.7. The molecule has 1 aliphatic carbocycles. The molecular formula is C15H25NO3S2. The molecule has 1 heterocycles. The van der Waals surface area contributed by atoms with E-state index >= 15 is 0 Å². The fourth-order valence-electron chi connectivity index (χ4n) is 3.46. The van der Waals surface area contributed by atoms with E-state index in [0.717, 1.165) is 43.4 Å². The highest BCUT2D eigenvalue weighted by atomic mass is 32.2. The molecule has 3 atom stereocenters. The van der Waals surface area contributed by atoms with Crippen LogP contribution in [0.2, 0.25) is 0 Å². The lowest BCUT2D eigenvalue weighted by Crippen LogP contribution is -2.31. The van der Waals surface area contributed by atoms with Crippen LogP contribution < -0.4 is 5.14 Å². The molecule has 21 heavy (non-hydrogen) atoms. The van der Waals surface area contributed by atoms with Gasteiger partial charge in [-0.25, -0.2) is 13.6 Å². The van der Waals surface area contributed by atoms with Gasteiger partial charge in [-0.3, -0.25) is 0 Å². The van der Waals surface area contributed by atoms with Crippen LogP contribution >= 0.6 is 11.3 Å². The van der Waals surface area contributed by atoms with Gasteiger partial charge < -0.3 is 5.11 Å². The van der Waals surface area contributed by atoms with Crippen LogP contribution in [0.5, 0.6) is 0 Å². The molecule has 0 radical (unpaired) electrons. The third-order valence-corrected chi connectivity index (χ3v) is 7.24. The fraction of sp³-hybridized carbons (Fsp3) is 0.733. The third-order valence-electron chi connectivity index (χ3n) is 4.78. The standard InChI is InChI=1S/C15H25NO3S2/c1-3-10(2)13(14(17)11-6-4-5-7-11)12-8-9-20-15(12)21(16,18)19/h8-11,13-14,17H,3-7H2,1-2H3,(H2,16,18,19)/t10-,13-,14?/m0/s1. The second-order valence-corrected chi connectivity index (χ2v) is 8.83. The number of hydrogen-bond donors (Lipinski definition) is 2. The SMILES string of the molecule is CC[C@H](C)[C@@H](c1ccsc1S(N)(=O)=O)C(O)C1CCCC1. The summed E-state index contributed by atoms with van der Waals surface area (Å²) in [6.07, 6.45) is 4.78. The minimum atomic E-state index is -3.73. The lowest BCUT2D eigenvalue weighted by molar-refractivity contribution is 0.0620. The van der Waals surface area contributed by atoms with Gasteiger partial charge in [-0.05, 0) is 41.7 Å². The maximum absolute atomic E-state index is 11.8. The smallest absolute Gasteiger partial charge is 0.247 e. The Morgan fingerprint density at radius 1 is 1.43 bits per heavy atom. The number of rotatable bonds is 6. The Morgan fingerprint density at radius 2 is 2.05 bits per heavy atom. The quantitative estimate of drug-likeness (QED) is 0.840. The molecule has 0 aromatic carbocycles. The van der Waals surface area contributed by atoms with Crippen LogP contribution in [0.4, 0.5) is 0 Å². The predicted octanol–water partition coefficient (Wildman–Crippen LogP) is 3.08. The Labute approximate surface area is 131 Å². The van der Waals surface area contributed by atoms with Crippen molar-refractivity contribution in [1.82, 2.24) is 0 Å². The summed E-state index contributed by atoms with van der Waals surface area (Å²) in [4.78, 5) is 0. The van der Waals surface area contributed by atoms with E-state index < -0.39 is 16.1 Å². The van der Waals surface area contributed by atoms with Crippen LogP contribution in [0.1, 0.15) is 57.4 Å². The fourth-order valence-corrected chi connectivity index (χ4v) is 5.37. The van der Waals surface area contributed by atoms with Gasteiger partial charge in [0.25, 0.3) is 0 Å². The Balaban J connectivity index is 2.39. The summed E-state index contributed by atoms with van der Waals surface area (Å²) >= 11 is 1.15. The van der Waals surface area contributed by atoms with E-state index in [0.29, 0.717) is 5.56 Å². The largest absolute Gasteiger partial charge is 0.392 e. The molecule has 3 N–H and O–H groups in total. The average molecular weight is 332 g/mol. The van der Waals surface area contributed by atoms with Crippen molar-refractivity contribution in [2.75, 3.05) is 0 Å². The molecule has 1 saturated carbocycles. The number of primary sulfonamides is 1. The molecule has 4 nitrogen and oxygen atoms in total. The van der Waals surface area contributed by atoms with Gasteiger partial charge in [-0.1, -0.05) is 33.1 Å². The lowest BCUT2D eigenvalue weighted by atomic mass is 9.77. The Bertz CT molecular complexity index is 561. The van der Waals surface area contributed by atoms with Gasteiger partial charge in [0.1, 0.15) is 4.21 Å². The minimum Gasteiger partial charge on any atom is -0.392 e. The number of aliphatic hydroxyl groups is 1. The lowest BCUT2D eigenvalue weighted by Gasteiger charge is -2.32. The van der Waals surface area contributed by atoms with Crippen LogP contribution in [0, 0.1) is 11.8 Å². The van der Waals surface area contributed by atoms with Gasteiger partial charge in [-0.2, -0.15) is 0 Å². The number of thiophene rings is 1. The highest BCUT2D eigenvalue weighted by Crippen LogP contribution is 2.42. The molecule has 0 saturated heterocycles. The van der Waals surface area contributed by atoms with Crippen molar-refractivity contribution < 1.29 is 13.5 Å². The molecular weight excluding hydrogens is 306 g/mol. The first-order chi connectivity index (χ1) is 9.86. The van der Waals surface area contributed by atoms with Crippen molar-refractivity contribution in [2.24, 2.45) is 17.0 Å². The Kier molecular flexibility index (Phi) is 5.46. The van der Waals surface area contributed by atoms with Gasteiger partial charge in [0, 0.05) is 5.92 Å². The van der Waals surface area contributed by atoms with Crippen LogP contribution in [-0.2, 0) is 10.0 Å². The molecule has 2 rings (SSSR count). The third kappa shape index (κ3) is 3.67. The number of sulfonamides is 1. The monoisotopic (exact) mass is 331 g/mol. The summed E-state index contributed by atoms with van der Waals surface area (Å²) in [5.41, 5.74) is 0.705. The molecule has 1 aromatic heterocycles. The summed E-state index contributed by atoms with van der Waals surface area (Å²) in [5, 5.41) is 17.9. The molecule has 1 aliphatic rings. The number of hydrogen-bond acceptors (Lipinski definition) is 4. The van der Waals surface area contributed by atoms with Crippen molar-refractivity contribution in [2.45, 2.75) is 62.2 Å². The minimum absolute atomic E-state index is 0.155. The summed E-state index contributed by atoms with van der Waals surface area (Å²) in [6.45, 7) is 4.15. The van der Waals surface area contributed by atoms with E-state index in [4.69, 9.17) is 5.14 Å². The number of aliphatic hydroxyl groups excluding tert-OH is 1. The zero-order chi connectivity index (χ0) is 15.6. The molecule has 120 valence electrons. The van der Waals surface area contributed by atoms with Crippen molar-refractivity contribution in [3.63, 3.8) is 0 Å². The first-order valence-electron chi connectivity index (χ1n) is 7.64. The molecule has 6 heteroatoms. The highest BCUT2D eigenvalue weighted by Gasteiger charge is 2.36.